The molecule has 6 bridgehead atoms. The number of methoxy groups -OCH3 is 1. The lowest BCUT2D eigenvalue weighted by molar-refractivity contribution is -0.155. The summed E-state index contributed by atoms with van der Waals surface area (Å²) >= 11 is 0. The molecule has 346 valence electrons. The van der Waals surface area contributed by atoms with Gasteiger partial charge in [-0.25, -0.2) is 5.43 Å². The highest BCUT2D eigenvalue weighted by molar-refractivity contribution is 5.96. The van der Waals surface area contributed by atoms with Gasteiger partial charge in [-0.05, 0) is 91.1 Å². The van der Waals surface area contributed by atoms with Crippen molar-refractivity contribution in [1.29, 1.82) is 0 Å². The number of nitrogens with zero attached hydrogens (tertiary/aromatic N) is 6. The number of aromatic nitrogens is 3. The number of carbonyl (C=O) groups is 5. The van der Waals surface area contributed by atoms with E-state index < -0.39 is 47.2 Å². The number of likely N-dealkylation sites (tertiary alicyclic amines) is 1. The van der Waals surface area contributed by atoms with Crippen molar-refractivity contribution >= 4 is 40.5 Å². The van der Waals surface area contributed by atoms with E-state index in [0.717, 1.165) is 27.7 Å². The van der Waals surface area contributed by atoms with Gasteiger partial charge in [0.05, 0.1) is 30.5 Å². The third-order valence-corrected chi connectivity index (χ3v) is 12.8. The summed E-state index contributed by atoms with van der Waals surface area (Å²) in [5, 5.41) is 16.6. The van der Waals surface area contributed by atoms with Crippen LogP contribution in [0.5, 0.6) is 5.75 Å². The molecule has 2 aromatic heterocycles. The second kappa shape index (κ2) is 19.5. The van der Waals surface area contributed by atoms with Crippen LogP contribution in [0.15, 0.2) is 61.4 Å². The average molecular weight is 891 g/mol. The zero-order valence-electron chi connectivity index (χ0n) is 38.6. The summed E-state index contributed by atoms with van der Waals surface area (Å²) in [4.78, 5) is 81.7. The average Bonchev–Trinajstić information content (AvgIpc) is 3.90. The number of cyclic esters (lactones) is 1. The van der Waals surface area contributed by atoms with Crippen LogP contribution >= 0.6 is 0 Å². The second-order valence-corrected chi connectivity index (χ2v) is 18.6. The fraction of sp³-hybridized carbons (Fsp3) is 0.490. The number of nitrogens with one attached hydrogen (secondary N) is 2. The summed E-state index contributed by atoms with van der Waals surface area (Å²) in [5.74, 6) is -2.91. The van der Waals surface area contributed by atoms with Crippen molar-refractivity contribution < 1.29 is 38.6 Å². The molecule has 7 rings (SSSR count). The highest BCUT2D eigenvalue weighted by atomic mass is 16.5. The number of rotatable bonds is 10. The van der Waals surface area contributed by atoms with Gasteiger partial charge in [0.15, 0.2) is 0 Å². The highest BCUT2D eigenvalue weighted by Crippen LogP contribution is 2.41. The summed E-state index contributed by atoms with van der Waals surface area (Å²) in [6.45, 7) is 15.3. The van der Waals surface area contributed by atoms with Crippen LogP contribution in [0.1, 0.15) is 70.7 Å². The molecule has 3 aliphatic heterocycles. The first kappa shape index (κ1) is 46.9. The normalized spacial score (nSPS) is 20.6. The molecular formula is C49H62N8O8. The molecule has 3 aliphatic rings. The molecule has 2 fully saturated rings. The molecular weight excluding hydrogens is 829 g/mol. The first-order chi connectivity index (χ1) is 31.0. The fourth-order valence-corrected chi connectivity index (χ4v) is 9.68. The Morgan fingerprint density at radius 1 is 1.09 bits per heavy atom. The number of esters is 1. The quantitative estimate of drug-likeness (QED) is 0.147. The number of benzene rings is 2. The van der Waals surface area contributed by atoms with Crippen molar-refractivity contribution in [1.82, 2.24) is 40.1 Å². The number of aromatic hydroxyl groups is 1. The number of amides is 4. The van der Waals surface area contributed by atoms with Crippen molar-refractivity contribution in [2.24, 2.45) is 17.3 Å². The number of likely N-dealkylation sites (N-methyl/N-ethyl adjacent to an activating group) is 1. The Morgan fingerprint density at radius 3 is 2.58 bits per heavy atom. The summed E-state index contributed by atoms with van der Waals surface area (Å²) < 4.78 is 13.8. The molecule has 0 radical (unpaired) electrons. The third kappa shape index (κ3) is 9.93. The fourth-order valence-electron chi connectivity index (χ4n) is 9.68. The maximum Gasteiger partial charge on any atom is 0.324 e. The van der Waals surface area contributed by atoms with Crippen molar-refractivity contribution in [3.05, 3.63) is 78.3 Å². The lowest BCUT2D eigenvalue weighted by Gasteiger charge is -2.37. The Kier molecular flexibility index (Phi) is 14.1. The molecule has 16 heteroatoms. The van der Waals surface area contributed by atoms with Gasteiger partial charge in [-0.1, -0.05) is 46.4 Å². The van der Waals surface area contributed by atoms with Gasteiger partial charge >= 0.3 is 5.97 Å². The number of aryl methyl sites for hydroxylation is 1. The zero-order chi connectivity index (χ0) is 46.7. The van der Waals surface area contributed by atoms with Crippen LogP contribution in [0.3, 0.4) is 0 Å². The Hall–Kier alpha value is -6.13. The predicted molar refractivity (Wildman–Crippen MR) is 245 cm³/mol. The van der Waals surface area contributed by atoms with Crippen LogP contribution in [0.25, 0.3) is 33.4 Å². The molecule has 0 saturated carbocycles. The molecule has 3 N–H and O–H groups in total. The lowest BCUT2D eigenvalue weighted by atomic mass is 9.84. The van der Waals surface area contributed by atoms with E-state index in [-0.39, 0.29) is 56.2 Å². The number of hydrazine groups is 1. The number of hydrogen-bond acceptors (Lipinski definition) is 11. The molecule has 2 saturated heterocycles. The van der Waals surface area contributed by atoms with Gasteiger partial charge in [-0.2, -0.15) is 0 Å². The first-order valence-corrected chi connectivity index (χ1v) is 22.5. The highest BCUT2D eigenvalue weighted by Gasteiger charge is 2.40. The number of ether oxygens (including phenoxy) is 2. The molecule has 5 heterocycles. The molecule has 65 heavy (non-hydrogen) atoms. The van der Waals surface area contributed by atoms with E-state index in [9.17, 15) is 29.1 Å². The maximum atomic E-state index is 14.7. The van der Waals surface area contributed by atoms with E-state index in [2.05, 4.69) is 59.8 Å². The molecule has 16 nitrogen and oxygen atoms in total. The summed E-state index contributed by atoms with van der Waals surface area (Å²) in [6, 6.07) is 8.36. The van der Waals surface area contributed by atoms with E-state index >= 15 is 0 Å². The Balaban J connectivity index is 1.30. The molecule has 2 aromatic carbocycles. The molecule has 0 aliphatic carbocycles. The van der Waals surface area contributed by atoms with Gasteiger partial charge in [0.1, 0.15) is 29.6 Å². The van der Waals surface area contributed by atoms with Crippen molar-refractivity contribution in [3.63, 3.8) is 0 Å². The van der Waals surface area contributed by atoms with Crippen LogP contribution in [-0.2, 0) is 59.4 Å². The second-order valence-electron chi connectivity index (χ2n) is 18.6. The largest absolute Gasteiger partial charge is 0.508 e. The zero-order valence-corrected chi connectivity index (χ0v) is 38.6. The minimum Gasteiger partial charge on any atom is -0.508 e. The summed E-state index contributed by atoms with van der Waals surface area (Å²) in [7, 11) is 3.20. The van der Waals surface area contributed by atoms with E-state index in [0.29, 0.717) is 61.3 Å². The van der Waals surface area contributed by atoms with Gasteiger partial charge in [0.2, 0.25) is 17.7 Å². The van der Waals surface area contributed by atoms with Gasteiger partial charge < -0.3 is 34.3 Å². The Morgan fingerprint density at radius 2 is 1.86 bits per heavy atom. The standard InChI is InChI=1S/C49H62N8O8/c1-9-41(59)55-19-15-32(26-55)46(61)54(7)43(29(3)4)45(60)52-38-22-30-20-33(23-34(58)21-30)31-13-14-40-35(24-31)36(44(56(40)10-2)42-39(27-64-8)50-16-17-51-42)25-49(5,6)28-65-48(63)37-12-11-18-57(53-37)47(38)62/h9,13-14,16-17,20-21,23-24,29,32,37-38,43,53,58H,1,10-12,15,18-19,22,25-28H2,2-8H3,(H,52,60)/t32-,37-,38-,43?/m0/s1. The SMILES string of the molecule is C=CC(=O)N1CC[C@H](C(=O)N(C)C(C(=O)N[C@H]2Cc3cc(O)cc(c3)-c3ccc4c(c3)c(c(-c3nccnc3COC)n4CC)CC(C)(C)COC(=O)[C@@H]3CCCN(N3)C2=O)C(C)C)C1. The first-order valence-electron chi connectivity index (χ1n) is 22.5. The van der Waals surface area contributed by atoms with Crippen LogP contribution in [0, 0.1) is 17.3 Å². The Bertz CT molecular complexity index is 2480. The summed E-state index contributed by atoms with van der Waals surface area (Å²) in [6.07, 6.45) is 6.42. The van der Waals surface area contributed by atoms with Gasteiger partial charge in [0.25, 0.3) is 5.91 Å². The van der Waals surface area contributed by atoms with E-state index in [4.69, 9.17) is 14.5 Å². The van der Waals surface area contributed by atoms with Crippen molar-refractivity contribution in [2.75, 3.05) is 40.4 Å². The van der Waals surface area contributed by atoms with Crippen LogP contribution in [-0.4, -0.2) is 123 Å². The lowest BCUT2D eigenvalue weighted by Crippen LogP contribution is -2.62. The number of fused-ring (bicyclic) bond motifs is 6. The van der Waals surface area contributed by atoms with E-state index in [1.54, 1.807) is 43.6 Å². The van der Waals surface area contributed by atoms with E-state index in [1.165, 1.54) is 16.0 Å². The Labute approximate surface area is 380 Å². The van der Waals surface area contributed by atoms with Crippen molar-refractivity contribution in [2.45, 2.75) is 98.0 Å². The van der Waals surface area contributed by atoms with Gasteiger partial charge in [-0.15, -0.1) is 0 Å². The minimum absolute atomic E-state index is 0.0179. The summed E-state index contributed by atoms with van der Waals surface area (Å²) in [5.41, 5.74) is 8.88. The molecule has 4 atom stereocenters. The minimum atomic E-state index is -1.17. The topological polar surface area (TPSA) is 189 Å². The number of phenols is 1. The molecule has 1 unspecified atom stereocenters. The number of carbonyl (C=O) groups excluding carboxylic acids is 5. The number of phenolic OH excluding ortho intramolecular Hbond substituents is 1. The molecule has 4 aromatic rings. The van der Waals surface area contributed by atoms with Crippen LogP contribution < -0.4 is 10.7 Å². The molecule has 4 amide bonds. The maximum absolute atomic E-state index is 14.7. The van der Waals surface area contributed by atoms with Crippen molar-refractivity contribution in [3.8, 4) is 28.3 Å². The van der Waals surface area contributed by atoms with Crippen LogP contribution in [0.2, 0.25) is 0 Å². The smallest absolute Gasteiger partial charge is 0.324 e. The number of hydrogen-bond donors (Lipinski definition) is 3. The van der Waals surface area contributed by atoms with Gasteiger partial charge in [-0.3, -0.25) is 38.9 Å². The molecule has 0 spiro atoms. The third-order valence-electron chi connectivity index (χ3n) is 12.8. The van der Waals surface area contributed by atoms with Crippen LogP contribution in [0.4, 0.5) is 0 Å². The van der Waals surface area contributed by atoms with Gasteiger partial charge in [0, 0.05) is 75.5 Å². The monoisotopic (exact) mass is 890 g/mol. The van der Waals surface area contributed by atoms with E-state index in [1.807, 2.05) is 26.0 Å². The predicted octanol–water partition coefficient (Wildman–Crippen LogP) is 4.80.